The number of imidazole rings is 1. The molecule has 158 valence electrons. The van der Waals surface area contributed by atoms with Gasteiger partial charge in [0, 0.05) is 35.1 Å². The molecule has 1 aliphatic rings. The van der Waals surface area contributed by atoms with Crippen LogP contribution < -0.4 is 15.4 Å². The summed E-state index contributed by atoms with van der Waals surface area (Å²) in [5.41, 5.74) is 12.9. The summed E-state index contributed by atoms with van der Waals surface area (Å²) in [6.07, 6.45) is 3.52. The minimum atomic E-state index is 0.289. The molecule has 8 nitrogen and oxygen atoms in total. The Morgan fingerprint density at radius 2 is 2.00 bits per heavy atom. The average molecular weight is 416 g/mol. The molecule has 0 saturated carbocycles. The zero-order valence-electron chi connectivity index (χ0n) is 17.9. The first-order chi connectivity index (χ1) is 15.0. The van der Waals surface area contributed by atoms with E-state index in [2.05, 4.69) is 55.8 Å². The molecule has 0 amide bonds. The molecule has 0 radical (unpaired) electrons. The predicted octanol–water partition coefficient (Wildman–Crippen LogP) is 3.83. The summed E-state index contributed by atoms with van der Waals surface area (Å²) in [5, 5.41) is 0. The molecule has 0 saturated heterocycles. The van der Waals surface area contributed by atoms with Gasteiger partial charge in [-0.2, -0.15) is 4.98 Å². The van der Waals surface area contributed by atoms with E-state index in [1.54, 1.807) is 6.33 Å². The Balaban J connectivity index is 1.54. The van der Waals surface area contributed by atoms with Gasteiger partial charge in [0.25, 0.3) is 0 Å². The number of H-pyrrole nitrogens is 1. The third kappa shape index (κ3) is 3.54. The Labute approximate surface area is 180 Å². The largest absolute Gasteiger partial charge is 0.491 e. The molecule has 5 rings (SSSR count). The zero-order chi connectivity index (χ0) is 21.5. The third-order valence-electron chi connectivity index (χ3n) is 5.66. The second-order valence-electron chi connectivity index (χ2n) is 8.15. The van der Waals surface area contributed by atoms with E-state index in [9.17, 15) is 0 Å². The van der Waals surface area contributed by atoms with Crippen molar-refractivity contribution >= 4 is 22.9 Å². The van der Waals surface area contributed by atoms with Gasteiger partial charge in [0.2, 0.25) is 5.95 Å². The van der Waals surface area contributed by atoms with E-state index in [0.717, 1.165) is 57.2 Å². The molecule has 0 atom stereocenters. The minimum absolute atomic E-state index is 0.289. The van der Waals surface area contributed by atoms with Crippen LogP contribution in [0.1, 0.15) is 36.6 Å². The van der Waals surface area contributed by atoms with E-state index in [4.69, 9.17) is 10.5 Å². The number of hydrogen-bond donors (Lipinski definition) is 2. The summed E-state index contributed by atoms with van der Waals surface area (Å²) in [7, 11) is 0. The molecule has 0 unspecified atom stereocenters. The van der Waals surface area contributed by atoms with Crippen LogP contribution in [0.2, 0.25) is 0 Å². The van der Waals surface area contributed by atoms with Crippen molar-refractivity contribution in [3.8, 4) is 16.9 Å². The molecule has 1 aromatic carbocycles. The van der Waals surface area contributed by atoms with Gasteiger partial charge in [0.1, 0.15) is 23.7 Å². The first kappa shape index (κ1) is 19.3. The first-order valence-electron chi connectivity index (χ1n) is 10.4. The Morgan fingerprint density at radius 3 is 2.84 bits per heavy atom. The highest BCUT2D eigenvalue weighted by atomic mass is 16.5. The molecule has 0 fully saturated rings. The standard InChI is InChI=1S/C23H25N7O/c1-13(2)20-14(3)28-23(24)29-22(20)30-6-7-31-19-5-4-15(8-17(19)11-30)16-9-18-21(25-10-16)27-12-26-18/h4-5,8-10,12-13H,6-7,11H2,1-3H3,(H2,24,28,29)(H,25,26,27). The van der Waals surface area contributed by atoms with Gasteiger partial charge in [-0.05, 0) is 36.6 Å². The molecule has 1 aliphatic heterocycles. The molecule has 4 aromatic rings. The summed E-state index contributed by atoms with van der Waals surface area (Å²) < 4.78 is 6.06. The number of nitrogens with zero attached hydrogens (tertiary/aromatic N) is 5. The van der Waals surface area contributed by atoms with Gasteiger partial charge in [-0.1, -0.05) is 19.9 Å². The Hall–Kier alpha value is -3.68. The fourth-order valence-corrected chi connectivity index (χ4v) is 4.24. The molecule has 4 heterocycles. The number of aromatic amines is 1. The molecule has 31 heavy (non-hydrogen) atoms. The van der Waals surface area contributed by atoms with Crippen molar-refractivity contribution in [3.63, 3.8) is 0 Å². The topological polar surface area (TPSA) is 106 Å². The van der Waals surface area contributed by atoms with Crippen molar-refractivity contribution in [2.45, 2.75) is 33.2 Å². The summed E-state index contributed by atoms with van der Waals surface area (Å²) in [5.74, 6) is 2.37. The summed E-state index contributed by atoms with van der Waals surface area (Å²) in [4.78, 5) is 23.1. The lowest BCUT2D eigenvalue weighted by Gasteiger charge is -2.26. The summed E-state index contributed by atoms with van der Waals surface area (Å²) in [6, 6.07) is 8.30. The van der Waals surface area contributed by atoms with Crippen molar-refractivity contribution in [2.24, 2.45) is 0 Å². The number of anilines is 2. The van der Waals surface area contributed by atoms with Crippen molar-refractivity contribution in [1.29, 1.82) is 0 Å². The van der Waals surface area contributed by atoms with Crippen LogP contribution in [0.4, 0.5) is 11.8 Å². The molecular weight excluding hydrogens is 390 g/mol. The lowest BCUT2D eigenvalue weighted by Crippen LogP contribution is -2.28. The van der Waals surface area contributed by atoms with E-state index in [1.165, 1.54) is 0 Å². The van der Waals surface area contributed by atoms with Crippen LogP contribution >= 0.6 is 0 Å². The highest BCUT2D eigenvalue weighted by Crippen LogP contribution is 2.34. The second-order valence-corrected chi connectivity index (χ2v) is 8.15. The lowest BCUT2D eigenvalue weighted by atomic mass is 10.0. The smallest absolute Gasteiger partial charge is 0.222 e. The molecule has 0 spiro atoms. The van der Waals surface area contributed by atoms with Crippen LogP contribution in [0.5, 0.6) is 5.75 Å². The van der Waals surface area contributed by atoms with E-state index in [-0.39, 0.29) is 5.92 Å². The quantitative estimate of drug-likeness (QED) is 0.524. The molecule has 3 N–H and O–H groups in total. The highest BCUT2D eigenvalue weighted by molar-refractivity contribution is 5.78. The van der Waals surface area contributed by atoms with Gasteiger partial charge in [-0.25, -0.2) is 15.0 Å². The molecule has 3 aromatic heterocycles. The van der Waals surface area contributed by atoms with Crippen LogP contribution in [0.3, 0.4) is 0 Å². The average Bonchev–Trinajstić information content (AvgIpc) is 3.10. The van der Waals surface area contributed by atoms with Crippen LogP contribution in [0, 0.1) is 6.92 Å². The van der Waals surface area contributed by atoms with E-state index >= 15 is 0 Å². The monoisotopic (exact) mass is 415 g/mol. The Kier molecular flexibility index (Phi) is 4.69. The fraction of sp³-hybridized carbons (Fsp3) is 0.304. The maximum Gasteiger partial charge on any atom is 0.222 e. The van der Waals surface area contributed by atoms with Gasteiger partial charge in [0.15, 0.2) is 5.65 Å². The lowest BCUT2D eigenvalue weighted by molar-refractivity contribution is 0.331. The molecule has 0 bridgehead atoms. The number of aromatic nitrogens is 5. The van der Waals surface area contributed by atoms with Gasteiger partial charge < -0.3 is 20.4 Å². The number of benzene rings is 1. The maximum atomic E-state index is 6.06. The number of pyridine rings is 1. The molecular formula is C23H25N7O. The fourth-order valence-electron chi connectivity index (χ4n) is 4.24. The highest BCUT2D eigenvalue weighted by Gasteiger charge is 2.23. The van der Waals surface area contributed by atoms with E-state index in [0.29, 0.717) is 19.1 Å². The van der Waals surface area contributed by atoms with Crippen molar-refractivity contribution < 1.29 is 4.74 Å². The van der Waals surface area contributed by atoms with E-state index in [1.807, 2.05) is 25.3 Å². The SMILES string of the molecule is Cc1nc(N)nc(N2CCOc3ccc(-c4cnc5[nH]cnc5c4)cc3C2)c1C(C)C. The Morgan fingerprint density at radius 1 is 1.13 bits per heavy atom. The number of hydrogen-bond acceptors (Lipinski definition) is 7. The number of nitrogen functional groups attached to an aromatic ring is 1. The molecule has 0 aliphatic carbocycles. The number of nitrogens with one attached hydrogen (secondary N) is 1. The van der Waals surface area contributed by atoms with Gasteiger partial charge in [0.05, 0.1) is 12.9 Å². The number of aryl methyl sites for hydroxylation is 1. The van der Waals surface area contributed by atoms with Crippen LogP contribution in [-0.2, 0) is 6.54 Å². The van der Waals surface area contributed by atoms with Crippen LogP contribution in [0.25, 0.3) is 22.3 Å². The maximum absolute atomic E-state index is 6.06. The van der Waals surface area contributed by atoms with Crippen LogP contribution in [-0.4, -0.2) is 38.1 Å². The van der Waals surface area contributed by atoms with Gasteiger partial charge in [-0.3, -0.25) is 0 Å². The summed E-state index contributed by atoms with van der Waals surface area (Å²) in [6.45, 7) is 8.29. The predicted molar refractivity (Wildman–Crippen MR) is 121 cm³/mol. The van der Waals surface area contributed by atoms with Gasteiger partial charge in [-0.15, -0.1) is 0 Å². The number of fused-ring (bicyclic) bond motifs is 2. The zero-order valence-corrected chi connectivity index (χ0v) is 17.9. The number of rotatable bonds is 3. The van der Waals surface area contributed by atoms with Gasteiger partial charge >= 0.3 is 0 Å². The Bertz CT molecular complexity index is 1260. The minimum Gasteiger partial charge on any atom is -0.491 e. The van der Waals surface area contributed by atoms with E-state index < -0.39 is 0 Å². The number of ether oxygens (including phenoxy) is 1. The molecule has 8 heteroatoms. The van der Waals surface area contributed by atoms with Crippen molar-refractivity contribution in [3.05, 3.63) is 53.6 Å². The second kappa shape index (κ2) is 7.54. The number of nitrogens with two attached hydrogens (primary N) is 1. The first-order valence-corrected chi connectivity index (χ1v) is 10.4. The van der Waals surface area contributed by atoms with Crippen molar-refractivity contribution in [1.82, 2.24) is 24.9 Å². The normalized spacial score (nSPS) is 13.9. The van der Waals surface area contributed by atoms with Crippen LogP contribution in [0.15, 0.2) is 36.8 Å². The third-order valence-corrected chi connectivity index (χ3v) is 5.66. The summed E-state index contributed by atoms with van der Waals surface area (Å²) >= 11 is 0. The van der Waals surface area contributed by atoms with Crippen molar-refractivity contribution in [2.75, 3.05) is 23.8 Å².